The summed E-state index contributed by atoms with van der Waals surface area (Å²) >= 11 is 0. The van der Waals surface area contributed by atoms with Crippen LogP contribution in [-0.4, -0.2) is 39.4 Å². The van der Waals surface area contributed by atoms with Crippen molar-refractivity contribution < 1.29 is 17.9 Å². The van der Waals surface area contributed by atoms with E-state index in [1.54, 1.807) is 6.07 Å². The van der Waals surface area contributed by atoms with Gasteiger partial charge in [0.25, 0.3) is 0 Å². The van der Waals surface area contributed by atoms with Crippen LogP contribution in [0.15, 0.2) is 0 Å². The van der Waals surface area contributed by atoms with Gasteiger partial charge in [0, 0.05) is 6.42 Å². The first-order chi connectivity index (χ1) is 6.14. The second-order valence-corrected chi connectivity index (χ2v) is 4.89. The molecule has 0 atom stereocenters. The summed E-state index contributed by atoms with van der Waals surface area (Å²) in [5.74, 6) is -0.481. The largest absolute Gasteiger partial charge is 0.350 e. The van der Waals surface area contributed by atoms with Gasteiger partial charge < -0.3 is 9.47 Å². The Bertz CT molecular complexity index is 286. The Morgan fingerprint density at radius 1 is 1.38 bits per heavy atom. The third kappa shape index (κ3) is 3.72. The van der Waals surface area contributed by atoms with E-state index in [1.807, 2.05) is 0 Å². The van der Waals surface area contributed by atoms with Gasteiger partial charge in [-0.3, -0.25) is 0 Å². The Morgan fingerprint density at radius 3 is 2.54 bits per heavy atom. The average Bonchev–Trinajstić information content (AvgIpc) is 2.52. The van der Waals surface area contributed by atoms with Crippen molar-refractivity contribution in [2.45, 2.75) is 12.7 Å². The predicted octanol–water partition coefficient (Wildman–Crippen LogP) is -0.312. The summed E-state index contributed by atoms with van der Waals surface area (Å²) in [5.41, 5.74) is 0. The van der Waals surface area contributed by atoms with E-state index < -0.39 is 21.9 Å². The van der Waals surface area contributed by atoms with Crippen LogP contribution in [0.25, 0.3) is 0 Å². The number of sulfone groups is 1. The van der Waals surface area contributed by atoms with E-state index in [0.29, 0.717) is 19.6 Å². The Morgan fingerprint density at radius 2 is 2.00 bits per heavy atom. The standard InChI is InChI=1S/C7H11NO4S/c8-2-6-13(9,10)5-1-7-11-3-4-12-7/h7H,1,3-6H2. The third-order valence-electron chi connectivity index (χ3n) is 1.64. The molecule has 1 rings (SSSR count). The van der Waals surface area contributed by atoms with Crippen molar-refractivity contribution in [2.75, 3.05) is 24.7 Å². The van der Waals surface area contributed by atoms with Crippen LogP contribution in [0.3, 0.4) is 0 Å². The zero-order valence-electron chi connectivity index (χ0n) is 7.10. The molecule has 1 fully saturated rings. The molecule has 0 aromatic carbocycles. The normalized spacial score (nSPS) is 18.7. The summed E-state index contributed by atoms with van der Waals surface area (Å²) < 4.78 is 32.2. The second-order valence-electron chi connectivity index (χ2n) is 2.71. The minimum Gasteiger partial charge on any atom is -0.350 e. The summed E-state index contributed by atoms with van der Waals surface area (Å²) in [6.45, 7) is 1.03. The predicted molar refractivity (Wildman–Crippen MR) is 44.6 cm³/mol. The monoisotopic (exact) mass is 205 g/mol. The van der Waals surface area contributed by atoms with Gasteiger partial charge in [0.15, 0.2) is 16.1 Å². The van der Waals surface area contributed by atoms with Crippen molar-refractivity contribution in [3.05, 3.63) is 0 Å². The van der Waals surface area contributed by atoms with Gasteiger partial charge in [-0.1, -0.05) is 0 Å². The highest BCUT2D eigenvalue weighted by molar-refractivity contribution is 7.91. The summed E-state index contributed by atoms with van der Waals surface area (Å²) in [4.78, 5) is 0. The first-order valence-corrected chi connectivity index (χ1v) is 5.77. The topological polar surface area (TPSA) is 76.4 Å². The average molecular weight is 205 g/mol. The van der Waals surface area contributed by atoms with Gasteiger partial charge in [-0.05, 0) is 0 Å². The highest BCUT2D eigenvalue weighted by Crippen LogP contribution is 2.09. The van der Waals surface area contributed by atoms with E-state index in [2.05, 4.69) is 0 Å². The van der Waals surface area contributed by atoms with Crippen molar-refractivity contribution in [1.82, 2.24) is 0 Å². The lowest BCUT2D eigenvalue weighted by Crippen LogP contribution is -2.17. The third-order valence-corrected chi connectivity index (χ3v) is 3.07. The van der Waals surface area contributed by atoms with Gasteiger partial charge in [-0.15, -0.1) is 0 Å². The SMILES string of the molecule is N#CCS(=O)(=O)CCC1OCCO1. The quantitative estimate of drug-likeness (QED) is 0.629. The zero-order chi connectivity index (χ0) is 9.73. The molecule has 1 aliphatic rings. The van der Waals surface area contributed by atoms with Gasteiger partial charge in [-0.25, -0.2) is 8.42 Å². The maximum atomic E-state index is 11.1. The Kier molecular flexibility index (Phi) is 3.66. The summed E-state index contributed by atoms with van der Waals surface area (Å²) in [5, 5.41) is 8.20. The molecule has 0 bridgehead atoms. The number of nitrogens with zero attached hydrogens (tertiary/aromatic N) is 1. The molecule has 0 saturated carbocycles. The molecule has 1 heterocycles. The molecule has 1 aliphatic heterocycles. The molecule has 74 valence electrons. The minimum atomic E-state index is -3.24. The van der Waals surface area contributed by atoms with Gasteiger partial charge in [0.1, 0.15) is 5.75 Å². The number of hydrogen-bond donors (Lipinski definition) is 0. The fraction of sp³-hybridized carbons (Fsp3) is 0.857. The van der Waals surface area contributed by atoms with Crippen molar-refractivity contribution in [3.8, 4) is 6.07 Å². The molecule has 0 amide bonds. The van der Waals surface area contributed by atoms with Crippen LogP contribution in [0, 0.1) is 11.3 Å². The molecule has 6 heteroatoms. The fourth-order valence-corrected chi connectivity index (χ4v) is 1.91. The lowest BCUT2D eigenvalue weighted by atomic mass is 10.5. The Balaban J connectivity index is 2.29. The van der Waals surface area contributed by atoms with Crippen LogP contribution >= 0.6 is 0 Å². The summed E-state index contributed by atoms with van der Waals surface area (Å²) in [7, 11) is -3.24. The van der Waals surface area contributed by atoms with E-state index in [0.717, 1.165) is 0 Å². The Hall–Kier alpha value is -0.640. The molecule has 0 aromatic rings. The van der Waals surface area contributed by atoms with Crippen molar-refractivity contribution >= 4 is 9.84 Å². The molecule has 5 nitrogen and oxygen atoms in total. The van der Waals surface area contributed by atoms with Gasteiger partial charge >= 0.3 is 0 Å². The highest BCUT2D eigenvalue weighted by atomic mass is 32.2. The Labute approximate surface area is 77.2 Å². The smallest absolute Gasteiger partial charge is 0.163 e. The van der Waals surface area contributed by atoms with E-state index >= 15 is 0 Å². The molecular formula is C7H11NO4S. The fourth-order valence-electron chi connectivity index (χ4n) is 1.02. The number of ether oxygens (including phenoxy) is 2. The molecular weight excluding hydrogens is 194 g/mol. The van der Waals surface area contributed by atoms with Crippen molar-refractivity contribution in [1.29, 1.82) is 5.26 Å². The highest BCUT2D eigenvalue weighted by Gasteiger charge is 2.19. The number of hydrogen-bond acceptors (Lipinski definition) is 5. The zero-order valence-corrected chi connectivity index (χ0v) is 7.92. The molecule has 13 heavy (non-hydrogen) atoms. The van der Waals surface area contributed by atoms with Gasteiger partial charge in [0.05, 0.1) is 25.0 Å². The molecule has 0 unspecified atom stereocenters. The van der Waals surface area contributed by atoms with Crippen molar-refractivity contribution in [2.24, 2.45) is 0 Å². The van der Waals surface area contributed by atoms with Crippen molar-refractivity contribution in [3.63, 3.8) is 0 Å². The van der Waals surface area contributed by atoms with Crippen LogP contribution in [0.2, 0.25) is 0 Å². The first-order valence-electron chi connectivity index (χ1n) is 3.94. The van der Waals surface area contributed by atoms with E-state index in [1.165, 1.54) is 0 Å². The van der Waals surface area contributed by atoms with Crippen LogP contribution in [0.4, 0.5) is 0 Å². The summed E-state index contributed by atoms with van der Waals surface area (Å²) in [6, 6.07) is 1.61. The molecule has 0 aromatic heterocycles. The maximum absolute atomic E-state index is 11.1. The molecule has 0 aliphatic carbocycles. The number of rotatable bonds is 4. The molecule has 0 spiro atoms. The molecule has 0 N–H and O–H groups in total. The van der Waals surface area contributed by atoms with Gasteiger partial charge in [0.2, 0.25) is 0 Å². The molecule has 1 saturated heterocycles. The lowest BCUT2D eigenvalue weighted by Gasteiger charge is -2.07. The van der Waals surface area contributed by atoms with Gasteiger partial charge in [-0.2, -0.15) is 5.26 Å². The second kappa shape index (κ2) is 4.56. The van der Waals surface area contributed by atoms with E-state index in [9.17, 15) is 8.42 Å². The van der Waals surface area contributed by atoms with Crippen LogP contribution in [-0.2, 0) is 19.3 Å². The van der Waals surface area contributed by atoms with Crippen LogP contribution in [0.1, 0.15) is 6.42 Å². The maximum Gasteiger partial charge on any atom is 0.163 e. The minimum absolute atomic E-state index is 0.0504. The van der Waals surface area contributed by atoms with Crippen LogP contribution < -0.4 is 0 Å². The van der Waals surface area contributed by atoms with E-state index in [-0.39, 0.29) is 5.75 Å². The van der Waals surface area contributed by atoms with Crippen LogP contribution in [0.5, 0.6) is 0 Å². The molecule has 0 radical (unpaired) electrons. The number of nitriles is 1. The first kappa shape index (κ1) is 10.4. The lowest BCUT2D eigenvalue weighted by molar-refractivity contribution is -0.0424. The van der Waals surface area contributed by atoms with E-state index in [4.69, 9.17) is 14.7 Å². The summed E-state index contributed by atoms with van der Waals surface area (Å²) in [6.07, 6.45) is -0.0993.